The molecule has 0 atom stereocenters. The zero-order chi connectivity index (χ0) is 16.2. The van der Waals surface area contributed by atoms with Gasteiger partial charge in [0.05, 0.1) is 40.7 Å². The number of hydrogen-bond donors (Lipinski definition) is 1. The molecule has 0 aliphatic carbocycles. The van der Waals surface area contributed by atoms with Gasteiger partial charge in [0, 0.05) is 25.0 Å². The number of pyridine rings is 1. The highest BCUT2D eigenvalue weighted by molar-refractivity contribution is 6.42. The number of carbonyl (C=O) groups excluding carboxylic acids is 1. The minimum absolute atomic E-state index is 0.0430. The molecule has 3 rings (SSSR count). The van der Waals surface area contributed by atoms with Crippen LogP contribution < -0.4 is 5.32 Å². The van der Waals surface area contributed by atoms with Crippen LogP contribution in [0, 0.1) is 0 Å². The van der Waals surface area contributed by atoms with E-state index in [4.69, 9.17) is 27.9 Å². The number of halogens is 2. The normalized spacial score (nSPS) is 14.6. The Bertz CT molecular complexity index is 718. The monoisotopic (exact) mass is 351 g/mol. The van der Waals surface area contributed by atoms with Crippen molar-refractivity contribution in [3.8, 4) is 0 Å². The third-order valence-corrected chi connectivity index (χ3v) is 4.23. The van der Waals surface area contributed by atoms with Crippen LogP contribution >= 0.6 is 23.2 Å². The molecule has 5 nitrogen and oxygen atoms in total. The lowest BCUT2D eigenvalue weighted by atomic mass is 10.2. The second kappa shape index (κ2) is 7.17. The fourth-order valence-electron chi connectivity index (χ4n) is 2.31. The number of hydrogen-bond acceptors (Lipinski definition) is 4. The number of morpholine rings is 1. The Morgan fingerprint density at radius 1 is 1.09 bits per heavy atom. The Balaban J connectivity index is 1.76. The van der Waals surface area contributed by atoms with Gasteiger partial charge in [-0.05, 0) is 24.3 Å². The standard InChI is InChI=1S/C16H15Cl2N3O2/c17-14-2-1-12(8-15(14)18)20-13-7-11(9-19-10-13)16(22)21-3-5-23-6-4-21/h1-2,7-10,20H,3-6H2. The van der Waals surface area contributed by atoms with Crippen molar-refractivity contribution < 1.29 is 9.53 Å². The first-order valence-electron chi connectivity index (χ1n) is 7.17. The molecule has 23 heavy (non-hydrogen) atoms. The SMILES string of the molecule is O=C(c1cncc(Nc2ccc(Cl)c(Cl)c2)c1)N1CCOCC1. The fourth-order valence-corrected chi connectivity index (χ4v) is 2.61. The first kappa shape index (κ1) is 16.1. The van der Waals surface area contributed by atoms with Gasteiger partial charge in [-0.1, -0.05) is 23.2 Å². The first-order valence-corrected chi connectivity index (χ1v) is 7.93. The van der Waals surface area contributed by atoms with Crippen LogP contribution in [0.3, 0.4) is 0 Å². The molecule has 120 valence electrons. The first-order chi connectivity index (χ1) is 11.1. The number of anilines is 2. The molecule has 1 aromatic heterocycles. The van der Waals surface area contributed by atoms with E-state index in [2.05, 4.69) is 10.3 Å². The van der Waals surface area contributed by atoms with Crippen LogP contribution in [0.1, 0.15) is 10.4 Å². The highest BCUT2D eigenvalue weighted by Gasteiger charge is 2.19. The van der Waals surface area contributed by atoms with Gasteiger partial charge in [0.1, 0.15) is 0 Å². The molecule has 1 fully saturated rings. The molecule has 0 unspecified atom stereocenters. The summed E-state index contributed by atoms with van der Waals surface area (Å²) in [6, 6.07) is 7.01. The number of aromatic nitrogens is 1. The lowest BCUT2D eigenvalue weighted by molar-refractivity contribution is 0.0302. The van der Waals surface area contributed by atoms with Crippen LogP contribution in [0.15, 0.2) is 36.7 Å². The van der Waals surface area contributed by atoms with Gasteiger partial charge in [0.2, 0.25) is 0 Å². The average Bonchev–Trinajstić information content (AvgIpc) is 2.58. The Kier molecular flexibility index (Phi) is 5.00. The average molecular weight is 352 g/mol. The van der Waals surface area contributed by atoms with Gasteiger partial charge in [-0.2, -0.15) is 0 Å². The van der Waals surface area contributed by atoms with E-state index in [1.54, 1.807) is 35.5 Å². The quantitative estimate of drug-likeness (QED) is 0.917. The number of nitrogens with one attached hydrogen (secondary N) is 1. The predicted octanol–water partition coefficient (Wildman–Crippen LogP) is 3.60. The predicted molar refractivity (Wildman–Crippen MR) is 90.7 cm³/mol. The molecule has 0 radical (unpaired) electrons. The Morgan fingerprint density at radius 3 is 2.61 bits per heavy atom. The number of carbonyl (C=O) groups is 1. The maximum Gasteiger partial charge on any atom is 0.255 e. The van der Waals surface area contributed by atoms with Gasteiger partial charge >= 0.3 is 0 Å². The van der Waals surface area contributed by atoms with Crippen LogP contribution in [0.25, 0.3) is 0 Å². The zero-order valence-electron chi connectivity index (χ0n) is 12.3. The van der Waals surface area contributed by atoms with Crippen LogP contribution in [0.4, 0.5) is 11.4 Å². The highest BCUT2D eigenvalue weighted by Crippen LogP contribution is 2.27. The summed E-state index contributed by atoms with van der Waals surface area (Å²) in [7, 11) is 0. The highest BCUT2D eigenvalue weighted by atomic mass is 35.5. The van der Waals surface area contributed by atoms with Crippen molar-refractivity contribution in [1.29, 1.82) is 0 Å². The third-order valence-electron chi connectivity index (χ3n) is 3.49. The van der Waals surface area contributed by atoms with E-state index in [9.17, 15) is 4.79 Å². The van der Waals surface area contributed by atoms with E-state index in [1.807, 2.05) is 6.07 Å². The van der Waals surface area contributed by atoms with Gasteiger partial charge in [-0.15, -0.1) is 0 Å². The molecule has 2 aromatic rings. The second-order valence-electron chi connectivity index (χ2n) is 5.12. The summed E-state index contributed by atoms with van der Waals surface area (Å²) in [5.74, 6) is -0.0430. The third kappa shape index (κ3) is 3.93. The van der Waals surface area contributed by atoms with Crippen molar-refractivity contribution in [2.45, 2.75) is 0 Å². The molecule has 0 saturated carbocycles. The molecule has 1 N–H and O–H groups in total. The number of ether oxygens (including phenoxy) is 1. The lowest BCUT2D eigenvalue weighted by Crippen LogP contribution is -2.40. The minimum atomic E-state index is -0.0430. The molecule has 0 bridgehead atoms. The van der Waals surface area contributed by atoms with Crippen LogP contribution in [0.5, 0.6) is 0 Å². The van der Waals surface area contributed by atoms with Gasteiger partial charge in [-0.3, -0.25) is 9.78 Å². The summed E-state index contributed by atoms with van der Waals surface area (Å²) in [5, 5.41) is 4.12. The van der Waals surface area contributed by atoms with E-state index in [1.165, 1.54) is 0 Å². The van der Waals surface area contributed by atoms with Gasteiger partial charge in [0.15, 0.2) is 0 Å². The fraction of sp³-hybridized carbons (Fsp3) is 0.250. The van der Waals surface area contributed by atoms with E-state index in [-0.39, 0.29) is 5.91 Å². The topological polar surface area (TPSA) is 54.5 Å². The van der Waals surface area contributed by atoms with E-state index in [0.717, 1.165) is 5.69 Å². The van der Waals surface area contributed by atoms with Crippen molar-refractivity contribution in [1.82, 2.24) is 9.88 Å². The zero-order valence-corrected chi connectivity index (χ0v) is 13.8. The Morgan fingerprint density at radius 2 is 1.87 bits per heavy atom. The number of amides is 1. The number of benzene rings is 1. The van der Waals surface area contributed by atoms with Gasteiger partial charge in [0.25, 0.3) is 5.91 Å². The molecule has 7 heteroatoms. The summed E-state index contributed by atoms with van der Waals surface area (Å²) < 4.78 is 5.26. The Labute approximate surface area is 144 Å². The van der Waals surface area contributed by atoms with E-state index < -0.39 is 0 Å². The molecule has 2 heterocycles. The Hall–Kier alpha value is -1.82. The number of nitrogens with zero attached hydrogens (tertiary/aromatic N) is 2. The number of rotatable bonds is 3. The van der Waals surface area contributed by atoms with Crippen molar-refractivity contribution >= 4 is 40.5 Å². The largest absolute Gasteiger partial charge is 0.378 e. The maximum absolute atomic E-state index is 12.5. The molecular formula is C16H15Cl2N3O2. The van der Waals surface area contributed by atoms with Crippen LogP contribution in [-0.2, 0) is 4.74 Å². The van der Waals surface area contributed by atoms with Gasteiger partial charge < -0.3 is 15.0 Å². The summed E-state index contributed by atoms with van der Waals surface area (Å²) in [5.41, 5.74) is 2.02. The molecule has 1 aliphatic rings. The summed E-state index contributed by atoms with van der Waals surface area (Å²) in [6.07, 6.45) is 3.22. The molecule has 1 saturated heterocycles. The van der Waals surface area contributed by atoms with E-state index in [0.29, 0.717) is 47.6 Å². The van der Waals surface area contributed by atoms with Crippen molar-refractivity contribution in [3.05, 3.63) is 52.3 Å². The molecule has 0 spiro atoms. The van der Waals surface area contributed by atoms with Gasteiger partial charge in [-0.25, -0.2) is 0 Å². The van der Waals surface area contributed by atoms with Crippen molar-refractivity contribution in [2.24, 2.45) is 0 Å². The molecule has 1 amide bonds. The summed E-state index contributed by atoms with van der Waals surface area (Å²) in [4.78, 5) is 18.4. The summed E-state index contributed by atoms with van der Waals surface area (Å²) >= 11 is 11.9. The van der Waals surface area contributed by atoms with Crippen LogP contribution in [-0.4, -0.2) is 42.1 Å². The van der Waals surface area contributed by atoms with E-state index >= 15 is 0 Å². The lowest BCUT2D eigenvalue weighted by Gasteiger charge is -2.26. The second-order valence-corrected chi connectivity index (χ2v) is 5.94. The van der Waals surface area contributed by atoms with Crippen molar-refractivity contribution in [2.75, 3.05) is 31.6 Å². The maximum atomic E-state index is 12.5. The smallest absolute Gasteiger partial charge is 0.255 e. The van der Waals surface area contributed by atoms with Crippen molar-refractivity contribution in [3.63, 3.8) is 0 Å². The minimum Gasteiger partial charge on any atom is -0.378 e. The molecule has 1 aromatic carbocycles. The molecular weight excluding hydrogens is 337 g/mol. The summed E-state index contributed by atoms with van der Waals surface area (Å²) in [6.45, 7) is 2.34. The van der Waals surface area contributed by atoms with Crippen LogP contribution in [0.2, 0.25) is 10.0 Å². The molecule has 1 aliphatic heterocycles.